The maximum Gasteiger partial charge on any atom is 0.152 e. The molecular formula is C15H22N3OPS. The van der Waals surface area contributed by atoms with Crippen molar-refractivity contribution in [3.05, 3.63) is 47.5 Å². The van der Waals surface area contributed by atoms with Crippen LogP contribution in [-0.4, -0.2) is 23.3 Å². The second-order valence-corrected chi connectivity index (χ2v) is 11.4. The summed E-state index contributed by atoms with van der Waals surface area (Å²) in [4.78, 5) is 7.73. The smallest absolute Gasteiger partial charge is 0.152 e. The van der Waals surface area contributed by atoms with E-state index >= 15 is 0 Å². The summed E-state index contributed by atoms with van der Waals surface area (Å²) in [5.74, 6) is 1.04. The molecule has 0 radical (unpaired) electrons. The highest BCUT2D eigenvalue weighted by Crippen LogP contribution is 2.50. The predicted octanol–water partition coefficient (Wildman–Crippen LogP) is 4.36. The van der Waals surface area contributed by atoms with Gasteiger partial charge in [0.25, 0.3) is 0 Å². The third kappa shape index (κ3) is 5.60. The number of nitrogens with zero attached hydrogens (tertiary/aromatic N) is 1. The Morgan fingerprint density at radius 3 is 2.52 bits per heavy atom. The van der Waals surface area contributed by atoms with Crippen LogP contribution < -0.4 is 4.72 Å². The summed E-state index contributed by atoms with van der Waals surface area (Å²) in [7, 11) is 0. The summed E-state index contributed by atoms with van der Waals surface area (Å²) in [5.41, 5.74) is 3.38. The molecule has 0 saturated carbocycles. The summed E-state index contributed by atoms with van der Waals surface area (Å²) in [6.45, 7) is 5.62. The first-order valence-corrected chi connectivity index (χ1v) is 11.1. The molecule has 2 N–H and O–H groups in total. The molecule has 1 aromatic heterocycles. The second kappa shape index (κ2) is 7.19. The number of H-pyrrole nitrogens is 1. The number of hydrogen-bond acceptors (Lipinski definition) is 4. The highest BCUT2D eigenvalue weighted by atomic mass is 32.7. The molecule has 6 heteroatoms. The van der Waals surface area contributed by atoms with E-state index in [2.05, 4.69) is 33.7 Å². The van der Waals surface area contributed by atoms with Crippen LogP contribution in [0.5, 0.6) is 0 Å². The van der Waals surface area contributed by atoms with Crippen LogP contribution in [0.15, 0.2) is 30.5 Å². The minimum atomic E-state index is -2.10. The zero-order valence-corrected chi connectivity index (χ0v) is 14.4. The molecule has 21 heavy (non-hydrogen) atoms. The van der Waals surface area contributed by atoms with Gasteiger partial charge < -0.3 is 14.3 Å². The molecule has 0 saturated heterocycles. The number of anilines is 1. The van der Waals surface area contributed by atoms with Crippen molar-refractivity contribution in [2.75, 3.05) is 18.1 Å². The van der Waals surface area contributed by atoms with Crippen molar-refractivity contribution >= 4 is 23.6 Å². The zero-order chi connectivity index (χ0) is 15.3. The summed E-state index contributed by atoms with van der Waals surface area (Å²) in [6.07, 6.45) is 2.72. The summed E-state index contributed by atoms with van der Waals surface area (Å²) in [5, 5.41) is 0. The molecule has 1 aromatic carbocycles. The van der Waals surface area contributed by atoms with Gasteiger partial charge in [0.2, 0.25) is 0 Å². The van der Waals surface area contributed by atoms with Crippen molar-refractivity contribution in [1.82, 2.24) is 9.97 Å². The van der Waals surface area contributed by atoms with E-state index in [4.69, 9.17) is 0 Å². The van der Waals surface area contributed by atoms with E-state index < -0.39 is 6.34 Å². The molecule has 0 bridgehead atoms. The topological polar surface area (TPSA) is 57.8 Å². The van der Waals surface area contributed by atoms with Crippen LogP contribution in [0.2, 0.25) is 0 Å². The number of aryl methyl sites for hydroxylation is 3. The number of rotatable bonds is 7. The average Bonchev–Trinajstić information content (AvgIpc) is 2.91. The number of aromatic amines is 1. The predicted molar refractivity (Wildman–Crippen MR) is 92.5 cm³/mol. The first-order valence-electron chi connectivity index (χ1n) is 7.08. The summed E-state index contributed by atoms with van der Waals surface area (Å²) in [6, 6.07) is 8.25. The Bertz CT molecular complexity index is 618. The lowest BCUT2D eigenvalue weighted by Crippen LogP contribution is -1.94. The van der Waals surface area contributed by atoms with Crippen LogP contribution in [0.1, 0.15) is 24.0 Å². The van der Waals surface area contributed by atoms with Crippen molar-refractivity contribution in [3.63, 3.8) is 0 Å². The highest BCUT2D eigenvalue weighted by Gasteiger charge is 2.07. The van der Waals surface area contributed by atoms with Crippen LogP contribution in [0.3, 0.4) is 0 Å². The lowest BCUT2D eigenvalue weighted by atomic mass is 10.1. The minimum absolute atomic E-state index is 0.917. The van der Waals surface area contributed by atoms with Gasteiger partial charge in [-0.15, -0.1) is 0 Å². The molecule has 114 valence electrons. The molecule has 0 unspecified atom stereocenters. The van der Waals surface area contributed by atoms with E-state index in [0.29, 0.717) is 0 Å². The molecule has 4 nitrogen and oxygen atoms in total. The quantitative estimate of drug-likeness (QED) is 0.587. The van der Waals surface area contributed by atoms with Crippen LogP contribution in [0.25, 0.3) is 0 Å². The van der Waals surface area contributed by atoms with Gasteiger partial charge in [-0.25, -0.2) is 4.98 Å². The van der Waals surface area contributed by atoms with Crippen molar-refractivity contribution in [2.45, 2.75) is 26.2 Å². The Morgan fingerprint density at radius 2 is 1.95 bits per heavy atom. The van der Waals surface area contributed by atoms with Crippen LogP contribution in [0.4, 0.5) is 5.69 Å². The van der Waals surface area contributed by atoms with Gasteiger partial charge in [-0.05, 0) is 43.9 Å². The van der Waals surface area contributed by atoms with Crippen LogP contribution in [0, 0.1) is 0 Å². The average molecular weight is 323 g/mol. The summed E-state index contributed by atoms with van der Waals surface area (Å²) < 4.78 is 14.8. The van der Waals surface area contributed by atoms with Crippen molar-refractivity contribution in [2.24, 2.45) is 0 Å². The van der Waals surface area contributed by atoms with Crippen molar-refractivity contribution in [3.8, 4) is 0 Å². The van der Waals surface area contributed by atoms with E-state index in [-0.39, 0.29) is 0 Å². The molecule has 0 fully saturated rings. The largest absolute Gasteiger partial charge is 0.348 e. The number of imidazole rings is 1. The molecule has 0 atom stereocenters. The van der Waals surface area contributed by atoms with E-state index in [1.807, 2.05) is 18.3 Å². The van der Waals surface area contributed by atoms with Gasteiger partial charge in [0, 0.05) is 29.9 Å². The molecule has 0 aliphatic heterocycles. The van der Waals surface area contributed by atoms with E-state index in [9.17, 15) is 4.57 Å². The maximum absolute atomic E-state index is 11.6. The number of aromatic nitrogens is 2. The Hall–Kier alpha value is -1.19. The van der Waals surface area contributed by atoms with Gasteiger partial charge in [0.05, 0.1) is 5.69 Å². The van der Waals surface area contributed by atoms with Gasteiger partial charge in [0.15, 0.2) is 6.34 Å². The molecule has 2 aromatic rings. The third-order valence-corrected chi connectivity index (χ3v) is 5.39. The Balaban J connectivity index is 1.86. The minimum Gasteiger partial charge on any atom is -0.348 e. The molecule has 0 spiro atoms. The van der Waals surface area contributed by atoms with E-state index in [0.717, 1.165) is 36.5 Å². The fourth-order valence-electron chi connectivity index (χ4n) is 1.88. The molecular weight excluding hydrogens is 301 g/mol. The molecule has 0 amide bonds. The third-order valence-electron chi connectivity index (χ3n) is 3.03. The van der Waals surface area contributed by atoms with Gasteiger partial charge in [0.1, 0.15) is 5.82 Å². The molecule has 0 aliphatic carbocycles. The number of hydrogen-bond donors (Lipinski definition) is 2. The van der Waals surface area contributed by atoms with Gasteiger partial charge in [-0.1, -0.05) is 19.1 Å². The second-order valence-electron chi connectivity index (χ2n) is 5.33. The molecule has 0 aliphatic rings. The Kier molecular flexibility index (Phi) is 5.54. The standard InChI is InChI=1S/C15H22N3OPS/c1-4-13-11-16-15(17-13)10-7-12-5-8-14(9-6-12)18-21-20(2,3)19/h5-6,8-9,11,18H,4,7,10H2,1-3H3,(H,16,17). The highest BCUT2D eigenvalue weighted by molar-refractivity contribution is 8.58. The first-order chi connectivity index (χ1) is 9.96. The normalized spacial score (nSPS) is 11.6. The molecule has 2 rings (SSSR count). The SMILES string of the molecule is CCc1c[nH]c(CCc2ccc(NSP(C)(C)=O)cc2)n1. The summed E-state index contributed by atoms with van der Waals surface area (Å²) >= 11 is 1.30. The molecule has 1 heterocycles. The van der Waals surface area contributed by atoms with Crippen LogP contribution in [-0.2, 0) is 23.8 Å². The Labute approximate surface area is 130 Å². The maximum atomic E-state index is 11.6. The number of nitrogens with one attached hydrogen (secondary N) is 2. The zero-order valence-electron chi connectivity index (χ0n) is 12.7. The lowest BCUT2D eigenvalue weighted by Gasteiger charge is -2.09. The first kappa shape index (κ1) is 16.2. The van der Waals surface area contributed by atoms with Crippen molar-refractivity contribution in [1.29, 1.82) is 0 Å². The fraction of sp³-hybridized carbons (Fsp3) is 0.400. The lowest BCUT2D eigenvalue weighted by molar-refractivity contribution is 0.592. The van der Waals surface area contributed by atoms with Gasteiger partial charge >= 0.3 is 0 Å². The van der Waals surface area contributed by atoms with Crippen LogP contribution >= 0.6 is 17.9 Å². The van der Waals surface area contributed by atoms with E-state index in [1.54, 1.807) is 13.3 Å². The van der Waals surface area contributed by atoms with E-state index in [1.165, 1.54) is 17.1 Å². The number of benzene rings is 1. The van der Waals surface area contributed by atoms with Gasteiger partial charge in [-0.2, -0.15) is 0 Å². The fourth-order valence-corrected chi connectivity index (χ4v) is 3.32. The van der Waals surface area contributed by atoms with Crippen molar-refractivity contribution < 1.29 is 4.57 Å². The monoisotopic (exact) mass is 323 g/mol. The Morgan fingerprint density at radius 1 is 1.24 bits per heavy atom. The van der Waals surface area contributed by atoms with Gasteiger partial charge in [-0.3, -0.25) is 0 Å².